The lowest BCUT2D eigenvalue weighted by Gasteiger charge is -2.27. The summed E-state index contributed by atoms with van der Waals surface area (Å²) in [6.07, 6.45) is 1.19. The maximum atomic E-state index is 12.6. The van der Waals surface area contributed by atoms with Crippen molar-refractivity contribution >= 4 is 17.9 Å². The molecule has 1 amide bonds. The molecule has 0 saturated heterocycles. The third-order valence-electron chi connectivity index (χ3n) is 4.43. The third-order valence-corrected chi connectivity index (χ3v) is 4.43. The maximum absolute atomic E-state index is 12.6. The van der Waals surface area contributed by atoms with Crippen LogP contribution in [0.25, 0.3) is 6.08 Å². The van der Waals surface area contributed by atoms with Crippen LogP contribution in [-0.2, 0) is 4.79 Å². The Hall–Kier alpha value is -3.48. The van der Waals surface area contributed by atoms with Gasteiger partial charge in [-0.05, 0) is 24.3 Å². The van der Waals surface area contributed by atoms with Crippen LogP contribution in [-0.4, -0.2) is 25.7 Å². The first-order chi connectivity index (χ1) is 12.7. The number of hydrogen-bond acceptors (Lipinski definition) is 6. The molecule has 3 aliphatic heterocycles. The zero-order chi connectivity index (χ0) is 17.7. The van der Waals surface area contributed by atoms with Gasteiger partial charge in [0.25, 0.3) is 5.91 Å². The molecular weight excluding hydrogens is 336 g/mol. The van der Waals surface area contributed by atoms with Crippen LogP contribution in [0.15, 0.2) is 47.0 Å². The zero-order valence-electron chi connectivity index (χ0n) is 13.8. The number of para-hydroxylation sites is 1. The molecule has 0 fully saturated rings. The topological polar surface area (TPSA) is 78.4 Å². The summed E-state index contributed by atoms with van der Waals surface area (Å²) in [4.78, 5) is 17.1. The van der Waals surface area contributed by atoms with Crippen molar-refractivity contribution in [2.75, 3.05) is 13.9 Å². The smallest absolute Gasteiger partial charge is 0.258 e. The second-order valence-corrected chi connectivity index (χ2v) is 5.96. The number of amides is 1. The van der Waals surface area contributed by atoms with Crippen LogP contribution >= 0.6 is 0 Å². The summed E-state index contributed by atoms with van der Waals surface area (Å²) < 4.78 is 22.0. The number of rotatable bonds is 2. The Balaban J connectivity index is 1.55. The van der Waals surface area contributed by atoms with Crippen LogP contribution in [0.5, 0.6) is 23.0 Å². The molecule has 2 aromatic carbocycles. The summed E-state index contributed by atoms with van der Waals surface area (Å²) in [6, 6.07) is 11.0. The number of methoxy groups -OCH3 is 1. The Kier molecular flexibility index (Phi) is 3.15. The summed E-state index contributed by atoms with van der Waals surface area (Å²) in [6.45, 7) is 0.191. The van der Waals surface area contributed by atoms with Gasteiger partial charge < -0.3 is 24.3 Å². The number of aliphatic imine (C=N–C) groups is 1. The molecule has 1 unspecified atom stereocenters. The van der Waals surface area contributed by atoms with E-state index in [0.717, 1.165) is 11.1 Å². The minimum atomic E-state index is -0.569. The van der Waals surface area contributed by atoms with Crippen LogP contribution in [0.4, 0.5) is 0 Å². The quantitative estimate of drug-likeness (QED) is 0.900. The molecule has 130 valence electrons. The maximum Gasteiger partial charge on any atom is 0.258 e. The lowest BCUT2D eigenvalue weighted by atomic mass is 10.0. The first kappa shape index (κ1) is 14.8. The van der Waals surface area contributed by atoms with E-state index in [9.17, 15) is 4.79 Å². The molecule has 7 heteroatoms. The van der Waals surface area contributed by atoms with E-state index in [2.05, 4.69) is 10.3 Å². The van der Waals surface area contributed by atoms with Crippen molar-refractivity contribution in [1.29, 1.82) is 0 Å². The Morgan fingerprint density at radius 1 is 1.19 bits per heavy atom. The van der Waals surface area contributed by atoms with Gasteiger partial charge in [-0.2, -0.15) is 0 Å². The minimum Gasteiger partial charge on any atom is -0.493 e. The fraction of sp³-hybridized carbons (Fsp3) is 0.158. The summed E-state index contributed by atoms with van der Waals surface area (Å²) in [7, 11) is 1.57. The zero-order valence-corrected chi connectivity index (χ0v) is 13.8. The van der Waals surface area contributed by atoms with Crippen molar-refractivity contribution in [3.05, 3.63) is 53.1 Å². The van der Waals surface area contributed by atoms with Crippen molar-refractivity contribution in [2.45, 2.75) is 6.17 Å². The lowest BCUT2D eigenvalue weighted by Crippen LogP contribution is -2.39. The Morgan fingerprint density at radius 3 is 2.96 bits per heavy atom. The normalized spacial score (nSPS) is 19.4. The average Bonchev–Trinajstić information content (AvgIpc) is 3.14. The fourth-order valence-electron chi connectivity index (χ4n) is 3.14. The summed E-state index contributed by atoms with van der Waals surface area (Å²) in [5.41, 5.74) is 1.95. The number of hydrogen-bond donors (Lipinski definition) is 1. The molecule has 0 aliphatic carbocycles. The summed E-state index contributed by atoms with van der Waals surface area (Å²) in [5, 5.41) is 2.88. The minimum absolute atomic E-state index is 0.191. The van der Waals surface area contributed by atoms with Gasteiger partial charge in [0.15, 0.2) is 29.2 Å². The van der Waals surface area contributed by atoms with E-state index in [0.29, 0.717) is 28.6 Å². The molecule has 7 nitrogen and oxygen atoms in total. The van der Waals surface area contributed by atoms with Gasteiger partial charge in [0.1, 0.15) is 5.57 Å². The van der Waals surface area contributed by atoms with Crippen molar-refractivity contribution in [1.82, 2.24) is 5.32 Å². The number of fused-ring (bicyclic) bond motifs is 3. The SMILES string of the molecule is COc1cccc2c1OC1=NC(c3ccc4c(c3)OCO4)NC(=O)C1=C2. The van der Waals surface area contributed by atoms with Crippen molar-refractivity contribution in [3.8, 4) is 23.0 Å². The number of benzene rings is 2. The first-order valence-corrected chi connectivity index (χ1v) is 8.08. The predicted octanol–water partition coefficient (Wildman–Crippen LogP) is 2.43. The van der Waals surface area contributed by atoms with E-state index in [1.807, 2.05) is 24.3 Å². The molecule has 0 saturated carbocycles. The van der Waals surface area contributed by atoms with Gasteiger partial charge in [-0.3, -0.25) is 4.79 Å². The Bertz CT molecular complexity index is 995. The van der Waals surface area contributed by atoms with Gasteiger partial charge in [0, 0.05) is 11.1 Å². The van der Waals surface area contributed by atoms with E-state index in [-0.39, 0.29) is 18.6 Å². The Labute approximate surface area is 148 Å². The molecule has 1 atom stereocenters. The molecule has 0 radical (unpaired) electrons. The van der Waals surface area contributed by atoms with Gasteiger partial charge in [-0.15, -0.1) is 0 Å². The number of nitrogens with one attached hydrogen (secondary N) is 1. The van der Waals surface area contributed by atoms with Crippen LogP contribution in [0.3, 0.4) is 0 Å². The molecule has 5 rings (SSSR count). The highest BCUT2D eigenvalue weighted by atomic mass is 16.7. The van der Waals surface area contributed by atoms with Crippen LogP contribution in [0.2, 0.25) is 0 Å². The van der Waals surface area contributed by atoms with E-state index in [4.69, 9.17) is 18.9 Å². The average molecular weight is 350 g/mol. The number of nitrogens with zero attached hydrogens (tertiary/aromatic N) is 1. The fourth-order valence-corrected chi connectivity index (χ4v) is 3.14. The van der Waals surface area contributed by atoms with E-state index in [1.54, 1.807) is 25.3 Å². The van der Waals surface area contributed by atoms with Gasteiger partial charge in [0.2, 0.25) is 12.7 Å². The second kappa shape index (κ2) is 5.52. The first-order valence-electron chi connectivity index (χ1n) is 8.08. The van der Waals surface area contributed by atoms with Gasteiger partial charge in [-0.1, -0.05) is 18.2 Å². The second-order valence-electron chi connectivity index (χ2n) is 5.96. The molecule has 3 aliphatic rings. The van der Waals surface area contributed by atoms with Crippen LogP contribution < -0.4 is 24.3 Å². The number of carbonyl (C=O) groups is 1. The molecule has 2 aromatic rings. The molecule has 26 heavy (non-hydrogen) atoms. The summed E-state index contributed by atoms with van der Waals surface area (Å²) >= 11 is 0. The van der Waals surface area contributed by atoms with E-state index in [1.165, 1.54) is 0 Å². The summed E-state index contributed by atoms with van der Waals surface area (Å²) in [5.74, 6) is 2.48. The number of ether oxygens (including phenoxy) is 4. The molecule has 0 bridgehead atoms. The molecule has 3 heterocycles. The monoisotopic (exact) mass is 350 g/mol. The van der Waals surface area contributed by atoms with E-state index < -0.39 is 6.17 Å². The molecule has 1 N–H and O–H groups in total. The molecular formula is C19H14N2O5. The standard InChI is InChI=1S/C19H14N2O5/c1-23-14-4-2-3-10-7-12-18(22)20-17(21-19(12)26-16(10)14)11-5-6-13-15(8-11)25-9-24-13/h2-8,17H,9H2,1H3,(H,20,22). The van der Waals surface area contributed by atoms with Gasteiger partial charge in [0.05, 0.1) is 7.11 Å². The lowest BCUT2D eigenvalue weighted by molar-refractivity contribution is -0.118. The highest BCUT2D eigenvalue weighted by Crippen LogP contribution is 2.39. The van der Waals surface area contributed by atoms with E-state index >= 15 is 0 Å². The molecule has 0 aromatic heterocycles. The number of carbonyl (C=O) groups excluding carboxylic acids is 1. The van der Waals surface area contributed by atoms with Crippen LogP contribution in [0.1, 0.15) is 17.3 Å². The van der Waals surface area contributed by atoms with Gasteiger partial charge >= 0.3 is 0 Å². The van der Waals surface area contributed by atoms with Crippen molar-refractivity contribution < 1.29 is 23.7 Å². The largest absolute Gasteiger partial charge is 0.493 e. The highest BCUT2D eigenvalue weighted by molar-refractivity contribution is 6.24. The Morgan fingerprint density at radius 2 is 2.08 bits per heavy atom. The van der Waals surface area contributed by atoms with Crippen molar-refractivity contribution in [2.24, 2.45) is 4.99 Å². The van der Waals surface area contributed by atoms with Crippen molar-refractivity contribution in [3.63, 3.8) is 0 Å². The van der Waals surface area contributed by atoms with Crippen LogP contribution in [0, 0.1) is 0 Å². The molecule has 0 spiro atoms. The van der Waals surface area contributed by atoms with Gasteiger partial charge in [-0.25, -0.2) is 4.99 Å². The predicted molar refractivity (Wildman–Crippen MR) is 92.5 cm³/mol. The highest BCUT2D eigenvalue weighted by Gasteiger charge is 2.33. The third kappa shape index (κ3) is 2.21.